The third kappa shape index (κ3) is 15.8. The van der Waals surface area contributed by atoms with Gasteiger partial charge in [-0.1, -0.05) is 0 Å². The maximum Gasteiger partial charge on any atom is 0.106 e. The minimum absolute atomic E-state index is 0.288. The van der Waals surface area contributed by atoms with Crippen molar-refractivity contribution in [1.29, 1.82) is 0 Å². The van der Waals surface area contributed by atoms with Crippen LogP contribution in [0.3, 0.4) is 0 Å². The van der Waals surface area contributed by atoms with Crippen LogP contribution in [0.1, 0.15) is 41.5 Å². The van der Waals surface area contributed by atoms with E-state index in [1.54, 1.807) is 0 Å². The lowest BCUT2D eigenvalue weighted by Gasteiger charge is -2.18. The highest BCUT2D eigenvalue weighted by Crippen LogP contribution is 2.07. The van der Waals surface area contributed by atoms with Crippen LogP contribution in [-0.2, 0) is 24.3 Å². The highest BCUT2D eigenvalue weighted by Gasteiger charge is 2.11. The fourth-order valence-electron chi connectivity index (χ4n) is 0.725. The largest absolute Gasteiger partial charge is 0.376 e. The first-order valence-electron chi connectivity index (χ1n) is 5.90. The maximum atomic E-state index is 5.25. The highest BCUT2D eigenvalue weighted by atomic mass is 17.2. The number of ether oxygens (including phenoxy) is 1. The third-order valence-electron chi connectivity index (χ3n) is 1.24. The van der Waals surface area contributed by atoms with Crippen LogP contribution in [0.15, 0.2) is 0 Å². The van der Waals surface area contributed by atoms with Gasteiger partial charge in [-0.15, -0.1) is 0 Å². The summed E-state index contributed by atoms with van der Waals surface area (Å²) in [7, 11) is 0. The summed E-state index contributed by atoms with van der Waals surface area (Å²) in [6.45, 7) is 13.3. The quantitative estimate of drug-likeness (QED) is 0.376. The Labute approximate surface area is 104 Å². The van der Waals surface area contributed by atoms with Gasteiger partial charge in [-0.2, -0.15) is 0 Å². The molecule has 5 heteroatoms. The van der Waals surface area contributed by atoms with Crippen LogP contribution in [0, 0.1) is 0 Å². The molecular formula is C12H26O5. The molecule has 0 amide bonds. The molecule has 0 aromatic rings. The molecule has 0 aliphatic rings. The van der Waals surface area contributed by atoms with Gasteiger partial charge < -0.3 is 4.74 Å². The van der Waals surface area contributed by atoms with E-state index in [1.165, 1.54) is 0 Å². The van der Waals surface area contributed by atoms with Gasteiger partial charge in [0, 0.05) is 0 Å². The molecule has 0 heterocycles. The van der Waals surface area contributed by atoms with Crippen molar-refractivity contribution in [3.63, 3.8) is 0 Å². The molecule has 0 radical (unpaired) electrons. The molecule has 0 aromatic carbocycles. The molecule has 104 valence electrons. The van der Waals surface area contributed by atoms with E-state index in [2.05, 4.69) is 0 Å². The van der Waals surface area contributed by atoms with Crippen molar-refractivity contribution in [2.24, 2.45) is 0 Å². The molecule has 5 nitrogen and oxygen atoms in total. The minimum atomic E-state index is -0.288. The van der Waals surface area contributed by atoms with Crippen LogP contribution < -0.4 is 0 Å². The molecule has 0 N–H and O–H groups in total. The topological polar surface area (TPSA) is 46.2 Å². The van der Waals surface area contributed by atoms with Crippen LogP contribution in [-0.4, -0.2) is 37.6 Å². The molecule has 0 aliphatic heterocycles. The Morgan fingerprint density at radius 1 is 0.588 bits per heavy atom. The summed E-state index contributed by atoms with van der Waals surface area (Å²) in [5.41, 5.74) is -0.576. The average Bonchev–Trinajstić information content (AvgIpc) is 2.11. The van der Waals surface area contributed by atoms with Crippen molar-refractivity contribution in [2.75, 3.05) is 26.4 Å². The SMILES string of the molecule is CC(C)(C)OOCCOCCOOC(C)(C)C. The van der Waals surface area contributed by atoms with E-state index >= 15 is 0 Å². The maximum absolute atomic E-state index is 5.25. The second kappa shape index (κ2) is 8.00. The minimum Gasteiger partial charge on any atom is -0.376 e. The Bertz CT molecular complexity index is 160. The lowest BCUT2D eigenvalue weighted by Crippen LogP contribution is -2.22. The second-order valence-corrected chi connectivity index (χ2v) is 5.65. The Morgan fingerprint density at radius 2 is 0.941 bits per heavy atom. The number of rotatable bonds is 8. The molecule has 0 saturated heterocycles. The average molecular weight is 250 g/mol. The van der Waals surface area contributed by atoms with Crippen molar-refractivity contribution in [3.8, 4) is 0 Å². The second-order valence-electron chi connectivity index (χ2n) is 5.65. The number of hydrogen-bond acceptors (Lipinski definition) is 5. The Hall–Kier alpha value is -0.200. The Morgan fingerprint density at radius 3 is 1.24 bits per heavy atom. The van der Waals surface area contributed by atoms with E-state index in [0.717, 1.165) is 0 Å². The first-order chi connectivity index (χ1) is 7.71. The van der Waals surface area contributed by atoms with Crippen LogP contribution in [0.5, 0.6) is 0 Å². The summed E-state index contributed by atoms with van der Waals surface area (Å²) in [4.78, 5) is 20.1. The summed E-state index contributed by atoms with van der Waals surface area (Å²) >= 11 is 0. The van der Waals surface area contributed by atoms with Gasteiger partial charge in [0.15, 0.2) is 0 Å². The molecule has 0 spiro atoms. The zero-order valence-corrected chi connectivity index (χ0v) is 11.9. The molecular weight excluding hydrogens is 224 g/mol. The van der Waals surface area contributed by atoms with Crippen molar-refractivity contribution >= 4 is 0 Å². The molecule has 0 aliphatic carbocycles. The van der Waals surface area contributed by atoms with Crippen molar-refractivity contribution in [2.45, 2.75) is 52.7 Å². The van der Waals surface area contributed by atoms with Gasteiger partial charge in [-0.25, -0.2) is 19.6 Å². The summed E-state index contributed by atoms with van der Waals surface area (Å²) in [6, 6.07) is 0. The lowest BCUT2D eigenvalue weighted by molar-refractivity contribution is -0.358. The normalized spacial score (nSPS) is 13.1. The van der Waals surface area contributed by atoms with E-state index in [9.17, 15) is 0 Å². The molecule has 0 rings (SSSR count). The highest BCUT2D eigenvalue weighted by molar-refractivity contribution is 4.54. The predicted octanol–water partition coefficient (Wildman–Crippen LogP) is 2.50. The van der Waals surface area contributed by atoms with Gasteiger partial charge in [0.2, 0.25) is 0 Å². The van der Waals surface area contributed by atoms with E-state index in [4.69, 9.17) is 24.3 Å². The molecule has 0 unspecified atom stereocenters. The first-order valence-corrected chi connectivity index (χ1v) is 5.90. The molecule has 17 heavy (non-hydrogen) atoms. The van der Waals surface area contributed by atoms with Gasteiger partial charge in [0.1, 0.15) is 13.2 Å². The standard InChI is InChI=1S/C12H26O5/c1-11(2,3)16-14-9-7-13-8-10-15-17-12(4,5)6/h7-10H2,1-6H3. The fourth-order valence-corrected chi connectivity index (χ4v) is 0.725. The van der Waals surface area contributed by atoms with Crippen molar-refractivity contribution in [3.05, 3.63) is 0 Å². The number of hydrogen-bond donors (Lipinski definition) is 0. The van der Waals surface area contributed by atoms with Gasteiger partial charge >= 0.3 is 0 Å². The monoisotopic (exact) mass is 250 g/mol. The van der Waals surface area contributed by atoms with E-state index in [1.807, 2.05) is 41.5 Å². The fraction of sp³-hybridized carbons (Fsp3) is 1.00. The Kier molecular flexibility index (Phi) is 7.91. The van der Waals surface area contributed by atoms with Gasteiger partial charge in [-0.3, -0.25) is 0 Å². The van der Waals surface area contributed by atoms with E-state index in [0.29, 0.717) is 26.4 Å². The summed E-state index contributed by atoms with van der Waals surface area (Å²) in [5, 5.41) is 0. The predicted molar refractivity (Wildman–Crippen MR) is 64.4 cm³/mol. The smallest absolute Gasteiger partial charge is 0.106 e. The Balaban J connectivity index is 3.15. The first kappa shape index (κ1) is 16.8. The van der Waals surface area contributed by atoms with E-state index in [-0.39, 0.29) is 11.2 Å². The summed E-state index contributed by atoms with van der Waals surface area (Å²) < 4.78 is 5.25. The van der Waals surface area contributed by atoms with Gasteiger partial charge in [-0.05, 0) is 41.5 Å². The third-order valence-corrected chi connectivity index (χ3v) is 1.24. The zero-order chi connectivity index (χ0) is 13.4. The van der Waals surface area contributed by atoms with Gasteiger partial charge in [0.05, 0.1) is 24.4 Å². The van der Waals surface area contributed by atoms with Crippen molar-refractivity contribution < 1.29 is 24.3 Å². The van der Waals surface area contributed by atoms with Gasteiger partial charge in [0.25, 0.3) is 0 Å². The van der Waals surface area contributed by atoms with Crippen LogP contribution >= 0.6 is 0 Å². The summed E-state index contributed by atoms with van der Waals surface area (Å²) in [6.07, 6.45) is 0. The van der Waals surface area contributed by atoms with E-state index < -0.39 is 0 Å². The van der Waals surface area contributed by atoms with Crippen LogP contribution in [0.4, 0.5) is 0 Å². The zero-order valence-electron chi connectivity index (χ0n) is 11.9. The summed E-state index contributed by atoms with van der Waals surface area (Å²) in [5.74, 6) is 0. The molecule has 0 bridgehead atoms. The molecule has 0 saturated carbocycles. The van der Waals surface area contributed by atoms with Crippen LogP contribution in [0.25, 0.3) is 0 Å². The van der Waals surface area contributed by atoms with Crippen LogP contribution in [0.2, 0.25) is 0 Å². The molecule has 0 aromatic heterocycles. The molecule has 0 atom stereocenters. The molecule has 0 fully saturated rings. The lowest BCUT2D eigenvalue weighted by atomic mass is 10.2. The van der Waals surface area contributed by atoms with Crippen molar-refractivity contribution in [1.82, 2.24) is 0 Å².